The molecule has 102 valence electrons. The van der Waals surface area contributed by atoms with Gasteiger partial charge in [-0.15, -0.1) is 0 Å². The van der Waals surface area contributed by atoms with Gasteiger partial charge in [0, 0.05) is 32.7 Å². The summed E-state index contributed by atoms with van der Waals surface area (Å²) >= 11 is 0. The van der Waals surface area contributed by atoms with E-state index < -0.39 is 7.25 Å². The van der Waals surface area contributed by atoms with Crippen LogP contribution in [0.1, 0.15) is 6.42 Å². The number of fused-ring (bicyclic) bond motifs is 3. The lowest BCUT2D eigenvalue weighted by Crippen LogP contribution is -2.67. The largest absolute Gasteiger partial charge is 0.673 e. The molecule has 0 aliphatic carbocycles. The molecule has 1 N–H and O–H groups in total. The van der Waals surface area contributed by atoms with Gasteiger partial charge < -0.3 is 26.9 Å². The average molecular weight is 258 g/mol. The number of aliphatic hydroxyl groups is 1. The third-order valence-electron chi connectivity index (χ3n) is 3.46. The molecule has 3 heterocycles. The molecule has 0 amide bonds. The zero-order valence-corrected chi connectivity index (χ0v) is 9.79. The second-order valence-electron chi connectivity index (χ2n) is 4.65. The zero-order chi connectivity index (χ0) is 12.9. The first-order valence-electron chi connectivity index (χ1n) is 5.90. The lowest BCUT2D eigenvalue weighted by molar-refractivity contribution is -0.941. The van der Waals surface area contributed by atoms with E-state index in [0.29, 0.717) is 6.61 Å². The first kappa shape index (κ1) is 14.7. The summed E-state index contributed by atoms with van der Waals surface area (Å²) in [5.74, 6) is 0. The molecule has 0 radical (unpaired) electrons. The number of halogens is 4. The minimum Gasteiger partial charge on any atom is -0.418 e. The molecular weight excluding hydrogens is 239 g/mol. The minimum atomic E-state index is -6.00. The molecule has 0 unspecified atom stereocenters. The monoisotopic (exact) mass is 258 g/mol. The van der Waals surface area contributed by atoms with Crippen LogP contribution in [0.25, 0.3) is 0 Å². The number of aliphatic hydroxyl groups excluding tert-OH is 1. The van der Waals surface area contributed by atoms with Crippen LogP contribution in [0.2, 0.25) is 0 Å². The van der Waals surface area contributed by atoms with Gasteiger partial charge in [-0.05, 0) is 0 Å². The van der Waals surface area contributed by atoms with Gasteiger partial charge in [-0.2, -0.15) is 0 Å². The van der Waals surface area contributed by atoms with E-state index >= 15 is 0 Å². The predicted molar refractivity (Wildman–Crippen MR) is 58.1 cm³/mol. The van der Waals surface area contributed by atoms with Gasteiger partial charge >= 0.3 is 7.25 Å². The molecule has 0 atom stereocenters. The number of nitrogens with zero attached hydrogens (tertiary/aromatic N) is 2. The van der Waals surface area contributed by atoms with E-state index in [1.807, 2.05) is 0 Å². The summed E-state index contributed by atoms with van der Waals surface area (Å²) in [6.45, 7) is 9.37. The fourth-order valence-electron chi connectivity index (χ4n) is 2.47. The zero-order valence-electron chi connectivity index (χ0n) is 9.79. The van der Waals surface area contributed by atoms with Crippen LogP contribution in [0.3, 0.4) is 0 Å². The third kappa shape index (κ3) is 5.69. The van der Waals surface area contributed by atoms with Crippen molar-refractivity contribution < 1.29 is 26.9 Å². The lowest BCUT2D eigenvalue weighted by atomic mass is 10.1. The van der Waals surface area contributed by atoms with Gasteiger partial charge in [0.25, 0.3) is 0 Å². The Morgan fingerprint density at radius 1 is 1.00 bits per heavy atom. The van der Waals surface area contributed by atoms with Crippen LogP contribution in [0, 0.1) is 0 Å². The number of piperazine rings is 3. The van der Waals surface area contributed by atoms with Crippen molar-refractivity contribution in [3.63, 3.8) is 0 Å². The van der Waals surface area contributed by atoms with Crippen LogP contribution in [-0.4, -0.2) is 74.2 Å². The quantitative estimate of drug-likeness (QED) is 0.460. The van der Waals surface area contributed by atoms with E-state index in [9.17, 15) is 17.3 Å². The predicted octanol–water partition coefficient (Wildman–Crippen LogP) is 0.815. The van der Waals surface area contributed by atoms with Crippen LogP contribution in [0.15, 0.2) is 0 Å². The van der Waals surface area contributed by atoms with E-state index in [1.54, 1.807) is 0 Å². The van der Waals surface area contributed by atoms with Crippen LogP contribution in [-0.2, 0) is 0 Å². The second kappa shape index (κ2) is 6.02. The van der Waals surface area contributed by atoms with Gasteiger partial charge in [0.15, 0.2) is 0 Å². The smallest absolute Gasteiger partial charge is 0.418 e. The molecule has 3 rings (SSSR count). The highest BCUT2D eigenvalue weighted by Gasteiger charge is 2.37. The van der Waals surface area contributed by atoms with Crippen molar-refractivity contribution >= 4 is 7.25 Å². The Balaban J connectivity index is 0.000000249. The molecule has 0 spiro atoms. The molecule has 2 bridgehead atoms. The molecule has 0 aromatic heterocycles. The summed E-state index contributed by atoms with van der Waals surface area (Å²) in [5, 5.41) is 8.80. The number of hydrogen-bond acceptors (Lipinski definition) is 2. The number of quaternary nitrogens is 1. The summed E-state index contributed by atoms with van der Waals surface area (Å²) in [5.41, 5.74) is 0. The molecule has 17 heavy (non-hydrogen) atoms. The number of hydrogen-bond donors (Lipinski definition) is 1. The highest BCUT2D eigenvalue weighted by atomic mass is 19.5. The Labute approximate surface area is 98.7 Å². The van der Waals surface area contributed by atoms with E-state index in [1.165, 1.54) is 50.3 Å². The summed E-state index contributed by atoms with van der Waals surface area (Å²) < 4.78 is 40.3. The molecular formula is C9H19BF4N2O. The van der Waals surface area contributed by atoms with Crippen molar-refractivity contribution in [2.24, 2.45) is 0 Å². The van der Waals surface area contributed by atoms with Crippen LogP contribution < -0.4 is 0 Å². The normalized spacial score (nSPS) is 31.9. The maximum absolute atomic E-state index is 9.75. The minimum absolute atomic E-state index is 0.365. The standard InChI is InChI=1S/C9H19N2O.BF4/c12-9-1-5-11-6-2-10(3-7-11)4-8-11;2-1(3,4)5/h12H,1-9H2;/q+1;-1. The molecule has 0 saturated carbocycles. The Morgan fingerprint density at radius 3 is 1.76 bits per heavy atom. The maximum Gasteiger partial charge on any atom is 0.673 e. The molecule has 0 aromatic carbocycles. The lowest BCUT2D eigenvalue weighted by Gasteiger charge is -2.50. The van der Waals surface area contributed by atoms with E-state index in [4.69, 9.17) is 5.11 Å². The topological polar surface area (TPSA) is 23.5 Å². The van der Waals surface area contributed by atoms with Gasteiger partial charge in [0.2, 0.25) is 0 Å². The Morgan fingerprint density at radius 2 is 1.41 bits per heavy atom. The fraction of sp³-hybridized carbons (Fsp3) is 1.00. The summed E-state index contributed by atoms with van der Waals surface area (Å²) in [6, 6.07) is 0. The van der Waals surface area contributed by atoms with Crippen molar-refractivity contribution in [3.8, 4) is 0 Å². The molecule has 3 aliphatic heterocycles. The molecule has 3 aliphatic rings. The van der Waals surface area contributed by atoms with E-state index in [0.717, 1.165) is 6.42 Å². The van der Waals surface area contributed by atoms with Gasteiger partial charge in [0.05, 0.1) is 26.2 Å². The first-order chi connectivity index (χ1) is 7.85. The molecule has 8 heteroatoms. The molecule has 0 aromatic rings. The fourth-order valence-corrected chi connectivity index (χ4v) is 2.47. The van der Waals surface area contributed by atoms with Gasteiger partial charge in [-0.1, -0.05) is 0 Å². The Bertz CT molecular complexity index is 212. The van der Waals surface area contributed by atoms with Gasteiger partial charge in [-0.25, -0.2) is 0 Å². The highest BCUT2D eigenvalue weighted by Crippen LogP contribution is 2.19. The molecule has 3 fully saturated rings. The van der Waals surface area contributed by atoms with Gasteiger partial charge in [-0.3, -0.25) is 4.90 Å². The second-order valence-corrected chi connectivity index (χ2v) is 4.65. The summed E-state index contributed by atoms with van der Waals surface area (Å²) in [6.07, 6.45) is 0.986. The first-order valence-corrected chi connectivity index (χ1v) is 5.90. The average Bonchev–Trinajstić information content (AvgIpc) is 2.27. The molecule has 3 saturated heterocycles. The van der Waals surface area contributed by atoms with Crippen LogP contribution in [0.5, 0.6) is 0 Å². The Hall–Kier alpha value is -0.335. The van der Waals surface area contributed by atoms with Crippen molar-refractivity contribution in [1.29, 1.82) is 0 Å². The maximum atomic E-state index is 9.75. The summed E-state index contributed by atoms with van der Waals surface area (Å²) in [7, 11) is -6.00. The van der Waals surface area contributed by atoms with Gasteiger partial charge in [0.1, 0.15) is 0 Å². The Kier molecular flexibility index (Phi) is 5.21. The third-order valence-corrected chi connectivity index (χ3v) is 3.46. The van der Waals surface area contributed by atoms with Crippen molar-refractivity contribution in [1.82, 2.24) is 4.90 Å². The number of rotatable bonds is 3. The summed E-state index contributed by atoms with van der Waals surface area (Å²) in [4.78, 5) is 2.55. The molecule has 3 nitrogen and oxygen atoms in total. The van der Waals surface area contributed by atoms with Crippen molar-refractivity contribution in [2.45, 2.75) is 6.42 Å². The van der Waals surface area contributed by atoms with E-state index in [2.05, 4.69) is 4.90 Å². The van der Waals surface area contributed by atoms with Crippen LogP contribution >= 0.6 is 0 Å². The van der Waals surface area contributed by atoms with Crippen molar-refractivity contribution in [3.05, 3.63) is 0 Å². The van der Waals surface area contributed by atoms with Crippen LogP contribution in [0.4, 0.5) is 17.3 Å². The van der Waals surface area contributed by atoms with Crippen molar-refractivity contribution in [2.75, 3.05) is 52.4 Å². The highest BCUT2D eigenvalue weighted by molar-refractivity contribution is 6.50. The SMILES string of the molecule is F[B-](F)(F)F.OCCC[N+]12CCN(CC1)CC2. The van der Waals surface area contributed by atoms with E-state index in [-0.39, 0.29) is 0 Å².